The van der Waals surface area contributed by atoms with Gasteiger partial charge in [0, 0.05) is 26.0 Å². The molecule has 1 aromatic carbocycles. The first kappa shape index (κ1) is 40.2. The zero-order chi connectivity index (χ0) is 35.3. The number of aliphatic hydroxyl groups excluding tert-OH is 4. The van der Waals surface area contributed by atoms with Crippen LogP contribution in [0.15, 0.2) is 30.3 Å². The summed E-state index contributed by atoms with van der Waals surface area (Å²) >= 11 is 0. The van der Waals surface area contributed by atoms with Gasteiger partial charge in [-0.1, -0.05) is 30.3 Å². The maximum Gasteiger partial charge on any atom is 0.508 e. The van der Waals surface area contributed by atoms with Crippen LogP contribution in [-0.4, -0.2) is 118 Å². The number of carbonyl (C=O) groups is 2. The number of unbranched alkanes of at least 4 members (excludes halogenated alkanes) is 1. The molecule has 2 aliphatic heterocycles. The van der Waals surface area contributed by atoms with Crippen molar-refractivity contribution < 1.29 is 72.2 Å². The summed E-state index contributed by atoms with van der Waals surface area (Å²) in [7, 11) is -4.48. The van der Waals surface area contributed by atoms with Crippen LogP contribution in [0.4, 0.5) is 4.79 Å². The zero-order valence-electron chi connectivity index (χ0n) is 27.5. The molecule has 2 heterocycles. The lowest BCUT2D eigenvalue weighted by molar-refractivity contribution is -0.301. The molecule has 17 heteroatoms. The van der Waals surface area contributed by atoms with Crippen LogP contribution >= 0.6 is 7.82 Å². The zero-order valence-corrected chi connectivity index (χ0v) is 28.4. The van der Waals surface area contributed by atoms with E-state index in [4.69, 9.17) is 32.7 Å². The number of hydrogen-bond acceptors (Lipinski definition) is 14. The van der Waals surface area contributed by atoms with Gasteiger partial charge >= 0.3 is 14.0 Å². The van der Waals surface area contributed by atoms with E-state index >= 15 is 0 Å². The fourth-order valence-corrected chi connectivity index (χ4v) is 6.43. The summed E-state index contributed by atoms with van der Waals surface area (Å²) in [5.74, 6) is -0.183. The third-order valence-corrected chi connectivity index (χ3v) is 8.77. The van der Waals surface area contributed by atoms with Crippen LogP contribution < -0.4 is 5.32 Å². The van der Waals surface area contributed by atoms with Crippen LogP contribution in [0.5, 0.6) is 0 Å². The maximum absolute atomic E-state index is 12.7. The molecule has 9 atom stereocenters. The molecule has 2 fully saturated rings. The average molecular weight is 708 g/mol. The number of carbonyl (C=O) groups excluding carboxylic acids is 2. The minimum Gasteiger partial charge on any atom is -0.431 e. The van der Waals surface area contributed by atoms with Crippen molar-refractivity contribution in [1.29, 1.82) is 0 Å². The largest absolute Gasteiger partial charge is 0.508 e. The molecule has 3 rings (SSSR count). The van der Waals surface area contributed by atoms with Crippen molar-refractivity contribution in [1.82, 2.24) is 5.32 Å². The standard InChI is InChI=1S/C31H50NO15P/c1-31(2,3)47-48(39,40)46-22-16-21(44-24(22)19-43-30(38)42-18-20-10-5-4-6-11-20)12-9-14-32-25(34)13-7-8-15-41-29-28(37)27(36)26(35)23(17-33)45-29/h4-6,10-11,21-24,26-29,33,35-37H,7-9,12-19H2,1-3H3,(H,32,34)(H,39,40)/t21-,22?,23+,24+,26+,27-,28-,29-/m0/s1. The van der Waals surface area contributed by atoms with Crippen molar-refractivity contribution in [2.45, 2.75) is 121 Å². The predicted octanol–water partition coefficient (Wildman–Crippen LogP) is 1.68. The van der Waals surface area contributed by atoms with Crippen LogP contribution in [-0.2, 0) is 48.7 Å². The molecule has 0 radical (unpaired) electrons. The van der Waals surface area contributed by atoms with Gasteiger partial charge in [0.1, 0.15) is 49.8 Å². The highest BCUT2D eigenvalue weighted by molar-refractivity contribution is 7.47. The Kier molecular flexibility index (Phi) is 16.1. The van der Waals surface area contributed by atoms with Gasteiger partial charge in [-0.05, 0) is 52.0 Å². The van der Waals surface area contributed by atoms with E-state index in [1.54, 1.807) is 32.9 Å². The summed E-state index contributed by atoms with van der Waals surface area (Å²) < 4.78 is 50.4. The normalized spacial score (nSPS) is 28.8. The van der Waals surface area contributed by atoms with E-state index in [9.17, 15) is 39.5 Å². The quantitative estimate of drug-likeness (QED) is 0.0725. The molecule has 2 aliphatic rings. The Bertz CT molecular complexity index is 1170. The second kappa shape index (κ2) is 19.3. The summed E-state index contributed by atoms with van der Waals surface area (Å²) in [6.07, 6.45) is -7.45. The van der Waals surface area contributed by atoms with Crippen LogP contribution in [0.25, 0.3) is 0 Å². The third kappa shape index (κ3) is 14.0. The van der Waals surface area contributed by atoms with Gasteiger partial charge in [-0.25, -0.2) is 9.36 Å². The lowest BCUT2D eigenvalue weighted by Crippen LogP contribution is -2.59. The fraction of sp³-hybridized carbons (Fsp3) is 0.742. The minimum atomic E-state index is -4.48. The van der Waals surface area contributed by atoms with Gasteiger partial charge in [0.25, 0.3) is 0 Å². The Hall–Kier alpha value is -2.21. The molecule has 2 unspecified atom stereocenters. The number of phosphoric acid groups is 1. The number of rotatable bonds is 18. The second-order valence-corrected chi connectivity index (χ2v) is 14.0. The van der Waals surface area contributed by atoms with Crippen molar-refractivity contribution in [3.05, 3.63) is 35.9 Å². The molecule has 0 aliphatic carbocycles. The van der Waals surface area contributed by atoms with Gasteiger partial charge in [0.05, 0.1) is 18.3 Å². The monoisotopic (exact) mass is 707 g/mol. The van der Waals surface area contributed by atoms with E-state index in [-0.39, 0.29) is 38.6 Å². The van der Waals surface area contributed by atoms with Gasteiger partial charge in [-0.3, -0.25) is 13.8 Å². The molecular weight excluding hydrogens is 657 g/mol. The smallest absolute Gasteiger partial charge is 0.431 e. The molecule has 0 bridgehead atoms. The highest BCUT2D eigenvalue weighted by Gasteiger charge is 2.44. The molecule has 16 nitrogen and oxygen atoms in total. The Morgan fingerprint density at radius 1 is 0.979 bits per heavy atom. The number of ether oxygens (including phenoxy) is 5. The number of hydrogen-bond donors (Lipinski definition) is 6. The number of phosphoric ester groups is 1. The lowest BCUT2D eigenvalue weighted by Gasteiger charge is -2.39. The summed E-state index contributed by atoms with van der Waals surface area (Å²) in [6.45, 7) is 4.50. The Morgan fingerprint density at radius 3 is 2.40 bits per heavy atom. The van der Waals surface area contributed by atoms with E-state index in [1.165, 1.54) is 0 Å². The van der Waals surface area contributed by atoms with Crippen molar-refractivity contribution in [3.63, 3.8) is 0 Å². The first-order valence-corrected chi connectivity index (χ1v) is 17.6. The van der Waals surface area contributed by atoms with Crippen molar-refractivity contribution in [2.75, 3.05) is 26.4 Å². The molecule has 0 spiro atoms. The first-order chi connectivity index (χ1) is 22.7. The van der Waals surface area contributed by atoms with Crippen molar-refractivity contribution >= 4 is 19.9 Å². The summed E-state index contributed by atoms with van der Waals surface area (Å²) in [5, 5.41) is 41.7. The van der Waals surface area contributed by atoms with Gasteiger partial charge in [-0.2, -0.15) is 0 Å². The van der Waals surface area contributed by atoms with Crippen molar-refractivity contribution in [2.24, 2.45) is 0 Å². The van der Waals surface area contributed by atoms with Crippen LogP contribution in [0.1, 0.15) is 64.9 Å². The Morgan fingerprint density at radius 2 is 1.71 bits per heavy atom. The lowest BCUT2D eigenvalue weighted by atomic mass is 9.99. The van der Waals surface area contributed by atoms with Crippen molar-refractivity contribution in [3.8, 4) is 0 Å². The average Bonchev–Trinajstić information content (AvgIpc) is 3.40. The molecule has 274 valence electrons. The molecular formula is C31H50NO15P. The van der Waals surface area contributed by atoms with Gasteiger partial charge in [-0.15, -0.1) is 0 Å². The summed E-state index contributed by atoms with van der Waals surface area (Å²) in [4.78, 5) is 34.8. The van der Waals surface area contributed by atoms with E-state index in [0.717, 1.165) is 5.56 Å². The van der Waals surface area contributed by atoms with Gasteiger partial charge < -0.3 is 54.3 Å². The fourth-order valence-electron chi connectivity index (χ4n) is 5.13. The molecule has 1 aromatic rings. The number of benzene rings is 1. The second-order valence-electron chi connectivity index (χ2n) is 12.7. The van der Waals surface area contributed by atoms with Gasteiger partial charge in [0.15, 0.2) is 6.29 Å². The number of amides is 1. The molecule has 2 saturated heterocycles. The summed E-state index contributed by atoms with van der Waals surface area (Å²) in [6, 6.07) is 9.06. The van der Waals surface area contributed by atoms with E-state index < -0.39 is 75.2 Å². The molecule has 0 aromatic heterocycles. The third-order valence-electron chi connectivity index (χ3n) is 7.45. The van der Waals surface area contributed by atoms with Crippen LogP contribution in [0.3, 0.4) is 0 Å². The highest BCUT2D eigenvalue weighted by Crippen LogP contribution is 2.50. The SMILES string of the molecule is CC(C)(C)OP(=O)(O)OC1C[C@H](CCCNC(=O)CCCCO[C@H]2O[C@H](CO)[C@@H](O)[C@H](O)[C@@H]2O)O[C@@H]1COC(=O)OCc1ccccc1. The Labute approximate surface area is 280 Å². The topological polar surface area (TPSA) is 229 Å². The van der Waals surface area contributed by atoms with E-state index in [1.807, 2.05) is 18.2 Å². The molecule has 0 saturated carbocycles. The molecule has 1 amide bonds. The number of nitrogens with one attached hydrogen (secondary N) is 1. The minimum absolute atomic E-state index is 0.0145. The Balaban J connectivity index is 1.37. The number of aliphatic hydroxyl groups is 4. The highest BCUT2D eigenvalue weighted by atomic mass is 31.2. The molecule has 48 heavy (non-hydrogen) atoms. The maximum atomic E-state index is 12.7. The van der Waals surface area contributed by atoms with Crippen LogP contribution in [0.2, 0.25) is 0 Å². The van der Waals surface area contributed by atoms with E-state index in [0.29, 0.717) is 32.2 Å². The van der Waals surface area contributed by atoms with E-state index in [2.05, 4.69) is 5.32 Å². The molecule has 6 N–H and O–H groups in total. The first-order valence-electron chi connectivity index (χ1n) is 16.1. The summed E-state index contributed by atoms with van der Waals surface area (Å²) in [5.41, 5.74) is -0.173. The van der Waals surface area contributed by atoms with Crippen LogP contribution in [0, 0.1) is 0 Å². The van der Waals surface area contributed by atoms with Gasteiger partial charge in [0.2, 0.25) is 5.91 Å². The predicted molar refractivity (Wildman–Crippen MR) is 167 cm³/mol.